The largest absolute Gasteiger partial charge is 0.472 e. The van der Waals surface area contributed by atoms with Crippen LogP contribution in [-0.4, -0.2) is 96.7 Å². The molecule has 0 bridgehead atoms. The number of aliphatic hydroxyl groups is 1. The summed E-state index contributed by atoms with van der Waals surface area (Å²) in [6, 6.07) is 0. The quantitative estimate of drug-likeness (QED) is 0.0169. The molecule has 17 nitrogen and oxygen atoms in total. The summed E-state index contributed by atoms with van der Waals surface area (Å²) in [6.45, 7) is 4.98. The van der Waals surface area contributed by atoms with Crippen molar-refractivity contribution in [2.45, 2.75) is 438 Å². The summed E-state index contributed by atoms with van der Waals surface area (Å²) in [6.07, 6.45) is 71.4. The second kappa shape index (κ2) is 75.8. The molecule has 0 spiro atoms. The molecule has 0 amide bonds. The van der Waals surface area contributed by atoms with Gasteiger partial charge in [-0.15, -0.1) is 0 Å². The second-order valence-electron chi connectivity index (χ2n) is 28.8. The Bertz CT molecular complexity index is 2010. The second-order valence-corrected chi connectivity index (χ2v) is 31.7. The van der Waals surface area contributed by atoms with Crippen LogP contribution in [0.3, 0.4) is 0 Å². The molecule has 2 unspecified atom stereocenters. The first kappa shape index (κ1) is 98.5. The standard InChI is InChI=1S/C82H156O17P2/c1-5-9-13-17-21-25-29-33-36-37-38-41-45-49-53-57-61-65-69-82(87)99-78(73-93-80(85)67-63-59-55-51-47-43-39-34-30-26-22-18-14-10-6-2)75-97-101(90,91)95-71-76(83)70-94-100(88,89)96-74-77(72-92-79(84)66-62-58-54-50-46-42-32-28-24-20-16-12-8-4)98-81(86)68-64-60-56-52-48-44-40-35-31-27-23-19-15-11-7-3/h26,30,34,39,76-78,83H,5-25,27-29,31-33,35-38,40-75H2,1-4H3,(H,88,89)(H,90,91)/b30-26-,39-34-/t76-,77+,78+/m0/s1. The maximum atomic E-state index is 13.1. The molecule has 0 aliphatic heterocycles. The van der Waals surface area contributed by atoms with Crippen LogP contribution in [0.5, 0.6) is 0 Å². The van der Waals surface area contributed by atoms with Crippen LogP contribution in [0.25, 0.3) is 0 Å². The van der Waals surface area contributed by atoms with Gasteiger partial charge in [0.2, 0.25) is 0 Å². The summed E-state index contributed by atoms with van der Waals surface area (Å²) < 4.78 is 68.7. The van der Waals surface area contributed by atoms with E-state index in [-0.39, 0.29) is 25.7 Å². The molecule has 596 valence electrons. The Morgan fingerprint density at radius 3 is 0.723 bits per heavy atom. The minimum Gasteiger partial charge on any atom is -0.462 e. The van der Waals surface area contributed by atoms with Crippen LogP contribution in [0.2, 0.25) is 0 Å². The van der Waals surface area contributed by atoms with E-state index in [4.69, 9.17) is 37.0 Å². The van der Waals surface area contributed by atoms with Crippen LogP contribution in [0, 0.1) is 0 Å². The van der Waals surface area contributed by atoms with Crippen LogP contribution < -0.4 is 0 Å². The van der Waals surface area contributed by atoms with Gasteiger partial charge in [-0.25, -0.2) is 9.13 Å². The van der Waals surface area contributed by atoms with Crippen molar-refractivity contribution >= 4 is 39.5 Å². The lowest BCUT2D eigenvalue weighted by Gasteiger charge is -2.21. The zero-order valence-electron chi connectivity index (χ0n) is 65.4. The third-order valence-electron chi connectivity index (χ3n) is 18.7. The van der Waals surface area contributed by atoms with E-state index in [0.29, 0.717) is 25.7 Å². The number of hydrogen-bond donors (Lipinski definition) is 3. The zero-order chi connectivity index (χ0) is 73.9. The van der Waals surface area contributed by atoms with Crippen molar-refractivity contribution in [2.24, 2.45) is 0 Å². The fourth-order valence-corrected chi connectivity index (χ4v) is 13.9. The highest BCUT2D eigenvalue weighted by atomic mass is 31.2. The van der Waals surface area contributed by atoms with E-state index in [2.05, 4.69) is 52.0 Å². The Morgan fingerprint density at radius 1 is 0.277 bits per heavy atom. The van der Waals surface area contributed by atoms with Gasteiger partial charge in [-0.3, -0.25) is 37.3 Å². The predicted molar refractivity (Wildman–Crippen MR) is 414 cm³/mol. The lowest BCUT2D eigenvalue weighted by atomic mass is 10.0. The molecule has 0 aliphatic rings. The molecule has 0 saturated heterocycles. The van der Waals surface area contributed by atoms with Crippen LogP contribution in [0.15, 0.2) is 24.3 Å². The van der Waals surface area contributed by atoms with Crippen molar-refractivity contribution in [3.05, 3.63) is 24.3 Å². The van der Waals surface area contributed by atoms with Crippen LogP contribution in [0.4, 0.5) is 0 Å². The van der Waals surface area contributed by atoms with E-state index >= 15 is 0 Å². The first-order valence-electron chi connectivity index (χ1n) is 42.1. The monoisotopic (exact) mass is 1480 g/mol. The first-order valence-corrected chi connectivity index (χ1v) is 45.1. The highest BCUT2D eigenvalue weighted by Crippen LogP contribution is 2.45. The summed E-state index contributed by atoms with van der Waals surface area (Å²) in [5.74, 6) is -2.13. The number of esters is 4. The van der Waals surface area contributed by atoms with Gasteiger partial charge in [-0.1, -0.05) is 367 Å². The SMILES string of the molecule is CCCCCC/C=C\C=C/CCCCCCCC(=O)OC[C@H](COP(=O)(O)OC[C@@H](O)COP(=O)(O)OC[C@@H](COC(=O)CCCCCCCCCCCCCCC)OC(=O)CCCCCCCCCCCCCCCCC)OC(=O)CCCCCCCCCCCCCCCCCCCC. The van der Waals surface area contributed by atoms with Gasteiger partial charge >= 0.3 is 39.5 Å². The fourth-order valence-electron chi connectivity index (χ4n) is 12.3. The number of carbonyl (C=O) groups is 4. The number of carbonyl (C=O) groups excluding carboxylic acids is 4. The maximum Gasteiger partial charge on any atom is 0.472 e. The number of unbranched alkanes of at least 4 members (excludes halogenated alkanes) is 52. The average Bonchev–Trinajstić information content (AvgIpc) is 1.38. The average molecular weight is 1480 g/mol. The number of allylic oxidation sites excluding steroid dienone is 4. The van der Waals surface area contributed by atoms with E-state index in [1.165, 1.54) is 231 Å². The predicted octanol–water partition coefficient (Wildman–Crippen LogP) is 24.5. The molecule has 0 aliphatic carbocycles. The Labute approximate surface area is 618 Å². The number of ether oxygens (including phenoxy) is 4. The van der Waals surface area contributed by atoms with Gasteiger partial charge in [0.25, 0.3) is 0 Å². The van der Waals surface area contributed by atoms with E-state index in [1.807, 2.05) is 0 Å². The van der Waals surface area contributed by atoms with Crippen LogP contribution in [0.1, 0.15) is 419 Å². The number of phosphoric acid groups is 2. The van der Waals surface area contributed by atoms with Crippen molar-refractivity contribution in [1.82, 2.24) is 0 Å². The molecule has 0 fully saturated rings. The highest BCUT2D eigenvalue weighted by molar-refractivity contribution is 7.47. The molecule has 19 heteroatoms. The summed E-state index contributed by atoms with van der Waals surface area (Å²) >= 11 is 0. The molecule has 0 aromatic rings. The number of aliphatic hydroxyl groups excluding tert-OH is 1. The Balaban J connectivity index is 5.29. The lowest BCUT2D eigenvalue weighted by molar-refractivity contribution is -0.161. The van der Waals surface area contributed by atoms with Crippen molar-refractivity contribution in [1.29, 1.82) is 0 Å². The molecule has 0 rings (SSSR count). The minimum atomic E-state index is -4.97. The summed E-state index contributed by atoms with van der Waals surface area (Å²) in [7, 11) is -9.93. The normalized spacial score (nSPS) is 13.9. The molecular formula is C82H156O17P2. The maximum absolute atomic E-state index is 13.1. The first-order chi connectivity index (χ1) is 49.2. The minimum absolute atomic E-state index is 0.102. The van der Waals surface area contributed by atoms with Crippen LogP contribution >= 0.6 is 15.6 Å². The Morgan fingerprint density at radius 2 is 0.475 bits per heavy atom. The van der Waals surface area contributed by atoms with E-state index in [9.17, 15) is 43.2 Å². The van der Waals surface area contributed by atoms with Crippen molar-refractivity contribution in [3.63, 3.8) is 0 Å². The Hall–Kier alpha value is -2.46. The zero-order valence-corrected chi connectivity index (χ0v) is 67.2. The third kappa shape index (κ3) is 75.6. The molecule has 0 aromatic carbocycles. The highest BCUT2D eigenvalue weighted by Gasteiger charge is 2.30. The van der Waals surface area contributed by atoms with Gasteiger partial charge in [-0.05, 0) is 51.4 Å². The van der Waals surface area contributed by atoms with Crippen LogP contribution in [-0.2, 0) is 65.4 Å². The van der Waals surface area contributed by atoms with E-state index in [1.54, 1.807) is 0 Å². The Kier molecular flexibility index (Phi) is 73.9. The molecule has 0 heterocycles. The van der Waals surface area contributed by atoms with Gasteiger partial charge in [0.05, 0.1) is 26.4 Å². The number of phosphoric ester groups is 2. The van der Waals surface area contributed by atoms with Crippen molar-refractivity contribution in [2.75, 3.05) is 39.6 Å². The van der Waals surface area contributed by atoms with Gasteiger partial charge in [0, 0.05) is 25.7 Å². The van der Waals surface area contributed by atoms with E-state index < -0.39 is 97.5 Å². The van der Waals surface area contributed by atoms with Gasteiger partial charge in [0.15, 0.2) is 12.2 Å². The lowest BCUT2D eigenvalue weighted by Crippen LogP contribution is -2.30. The summed E-state index contributed by atoms with van der Waals surface area (Å²) in [4.78, 5) is 73.1. The number of hydrogen-bond acceptors (Lipinski definition) is 15. The molecule has 101 heavy (non-hydrogen) atoms. The molecular weight excluding hydrogens is 1320 g/mol. The van der Waals surface area contributed by atoms with E-state index in [0.717, 1.165) is 109 Å². The molecule has 3 N–H and O–H groups in total. The smallest absolute Gasteiger partial charge is 0.462 e. The third-order valence-corrected chi connectivity index (χ3v) is 20.6. The molecule has 0 aromatic heterocycles. The number of rotatable bonds is 81. The van der Waals surface area contributed by atoms with Gasteiger partial charge in [0.1, 0.15) is 19.3 Å². The topological polar surface area (TPSA) is 237 Å². The fraction of sp³-hybridized carbons (Fsp3) is 0.902. The van der Waals surface area contributed by atoms with Gasteiger partial charge < -0.3 is 33.8 Å². The molecule has 0 saturated carbocycles. The summed E-state index contributed by atoms with van der Waals surface area (Å²) in [5.41, 5.74) is 0. The van der Waals surface area contributed by atoms with Gasteiger partial charge in [-0.2, -0.15) is 0 Å². The molecule has 0 radical (unpaired) electrons. The molecule has 5 atom stereocenters. The van der Waals surface area contributed by atoms with Crippen molar-refractivity contribution in [3.8, 4) is 0 Å². The summed E-state index contributed by atoms with van der Waals surface area (Å²) in [5, 5.41) is 10.7. The van der Waals surface area contributed by atoms with Crippen molar-refractivity contribution < 1.29 is 80.2 Å².